The Balaban J connectivity index is 2.63. The molecule has 1 saturated heterocycles. The number of nitrogens with zero attached hydrogens (tertiary/aromatic N) is 1. The van der Waals surface area contributed by atoms with Gasteiger partial charge in [-0.15, -0.1) is 11.8 Å². The molecule has 1 amide bonds. The molecule has 1 heterocycles. The molecule has 0 radical (unpaired) electrons. The average Bonchev–Trinajstić information content (AvgIpc) is 2.73. The molecule has 0 spiro atoms. The quantitative estimate of drug-likeness (QED) is 0.714. The third kappa shape index (κ3) is 3.88. The Morgan fingerprint density at radius 2 is 2.11 bits per heavy atom. The SMILES string of the molecule is CCCOCC(=O)N1C(CCC)SCC1C(=O)O. The van der Waals surface area contributed by atoms with Gasteiger partial charge >= 0.3 is 5.97 Å². The Labute approximate surface area is 112 Å². The summed E-state index contributed by atoms with van der Waals surface area (Å²) >= 11 is 1.55. The summed E-state index contributed by atoms with van der Waals surface area (Å²) in [6.45, 7) is 4.52. The van der Waals surface area contributed by atoms with E-state index in [0.717, 1.165) is 19.3 Å². The lowest BCUT2D eigenvalue weighted by Gasteiger charge is -2.27. The maximum absolute atomic E-state index is 12.0. The fourth-order valence-corrected chi connectivity index (χ4v) is 3.47. The van der Waals surface area contributed by atoms with Crippen LogP contribution in [0.4, 0.5) is 0 Å². The van der Waals surface area contributed by atoms with Crippen LogP contribution in [0.1, 0.15) is 33.1 Å². The van der Waals surface area contributed by atoms with Gasteiger partial charge in [-0.25, -0.2) is 4.79 Å². The fraction of sp³-hybridized carbons (Fsp3) is 0.833. The van der Waals surface area contributed by atoms with Crippen LogP contribution in [-0.2, 0) is 14.3 Å². The first kappa shape index (κ1) is 15.3. The summed E-state index contributed by atoms with van der Waals surface area (Å²) in [5.74, 6) is -0.663. The second-order valence-electron chi connectivity index (χ2n) is 4.28. The van der Waals surface area contributed by atoms with Crippen molar-refractivity contribution >= 4 is 23.6 Å². The maximum Gasteiger partial charge on any atom is 0.327 e. The summed E-state index contributed by atoms with van der Waals surface area (Å²) in [6, 6.07) is -0.704. The van der Waals surface area contributed by atoms with Crippen molar-refractivity contribution in [2.24, 2.45) is 0 Å². The molecule has 1 rings (SSSR count). The molecular formula is C12H21NO4S. The van der Waals surface area contributed by atoms with E-state index in [9.17, 15) is 9.59 Å². The minimum Gasteiger partial charge on any atom is -0.480 e. The summed E-state index contributed by atoms with van der Waals surface area (Å²) in [5, 5.41) is 9.12. The number of thioether (sulfide) groups is 1. The van der Waals surface area contributed by atoms with Crippen molar-refractivity contribution in [3.05, 3.63) is 0 Å². The summed E-state index contributed by atoms with van der Waals surface area (Å²) in [6.07, 6.45) is 2.61. The van der Waals surface area contributed by atoms with Crippen LogP contribution >= 0.6 is 11.8 Å². The molecule has 0 aromatic heterocycles. The topological polar surface area (TPSA) is 66.8 Å². The minimum atomic E-state index is -0.926. The van der Waals surface area contributed by atoms with Crippen LogP contribution < -0.4 is 0 Å². The van der Waals surface area contributed by atoms with E-state index >= 15 is 0 Å². The maximum atomic E-state index is 12.0. The van der Waals surface area contributed by atoms with E-state index in [2.05, 4.69) is 0 Å². The van der Waals surface area contributed by atoms with E-state index in [0.29, 0.717) is 12.4 Å². The Bertz CT molecular complexity index is 298. The molecule has 0 saturated carbocycles. The van der Waals surface area contributed by atoms with Gasteiger partial charge in [0, 0.05) is 12.4 Å². The number of carbonyl (C=O) groups excluding carboxylic acids is 1. The molecule has 0 aromatic carbocycles. The van der Waals surface area contributed by atoms with E-state index in [-0.39, 0.29) is 17.9 Å². The number of carbonyl (C=O) groups is 2. The number of hydrogen-bond donors (Lipinski definition) is 1. The second kappa shape index (κ2) is 7.63. The lowest BCUT2D eigenvalue weighted by molar-refractivity contribution is -0.151. The van der Waals surface area contributed by atoms with Crippen LogP contribution in [0, 0.1) is 0 Å². The standard InChI is InChI=1S/C12H21NO4S/c1-3-5-11-13(9(8-18-11)12(15)16)10(14)7-17-6-4-2/h9,11H,3-8H2,1-2H3,(H,15,16). The van der Waals surface area contributed by atoms with Crippen molar-refractivity contribution in [3.8, 4) is 0 Å². The van der Waals surface area contributed by atoms with Gasteiger partial charge in [0.25, 0.3) is 0 Å². The number of aliphatic carboxylic acids is 1. The number of carboxylic acid groups (broad SMARTS) is 1. The van der Waals surface area contributed by atoms with Crippen LogP contribution in [0.5, 0.6) is 0 Å². The zero-order valence-electron chi connectivity index (χ0n) is 10.9. The van der Waals surface area contributed by atoms with Gasteiger partial charge in [0.15, 0.2) is 0 Å². The molecule has 1 fully saturated rings. The van der Waals surface area contributed by atoms with Crippen LogP contribution in [0.25, 0.3) is 0 Å². The van der Waals surface area contributed by atoms with Crippen LogP contribution in [0.3, 0.4) is 0 Å². The van der Waals surface area contributed by atoms with Crippen molar-refractivity contribution < 1.29 is 19.4 Å². The first-order valence-electron chi connectivity index (χ1n) is 6.35. The lowest BCUT2D eigenvalue weighted by Crippen LogP contribution is -2.47. The summed E-state index contributed by atoms with van der Waals surface area (Å²) in [5.41, 5.74) is 0. The number of ether oxygens (including phenoxy) is 1. The zero-order chi connectivity index (χ0) is 13.5. The van der Waals surface area contributed by atoms with E-state index < -0.39 is 12.0 Å². The van der Waals surface area contributed by atoms with E-state index in [1.165, 1.54) is 4.90 Å². The number of hydrogen-bond acceptors (Lipinski definition) is 4. The molecule has 2 unspecified atom stereocenters. The Hall–Kier alpha value is -0.750. The molecular weight excluding hydrogens is 254 g/mol. The highest BCUT2D eigenvalue weighted by molar-refractivity contribution is 8.00. The Morgan fingerprint density at radius 1 is 1.39 bits per heavy atom. The van der Waals surface area contributed by atoms with Crippen molar-refractivity contribution in [1.82, 2.24) is 4.90 Å². The van der Waals surface area contributed by atoms with Gasteiger partial charge in [0.05, 0.1) is 5.37 Å². The summed E-state index contributed by atoms with van der Waals surface area (Å²) < 4.78 is 5.22. The zero-order valence-corrected chi connectivity index (χ0v) is 11.7. The molecule has 0 aliphatic carbocycles. The molecule has 1 aliphatic heterocycles. The molecule has 18 heavy (non-hydrogen) atoms. The van der Waals surface area contributed by atoms with Gasteiger partial charge in [-0.3, -0.25) is 4.79 Å². The molecule has 2 atom stereocenters. The number of amides is 1. The van der Waals surface area contributed by atoms with Crippen molar-refractivity contribution in [2.75, 3.05) is 19.0 Å². The molecule has 1 N–H and O–H groups in total. The van der Waals surface area contributed by atoms with E-state index in [1.807, 2.05) is 13.8 Å². The third-order valence-corrected chi connectivity index (χ3v) is 4.13. The largest absolute Gasteiger partial charge is 0.480 e. The molecule has 104 valence electrons. The van der Waals surface area contributed by atoms with Gasteiger partial charge in [0.1, 0.15) is 12.6 Å². The highest BCUT2D eigenvalue weighted by Gasteiger charge is 2.40. The van der Waals surface area contributed by atoms with Gasteiger partial charge in [-0.05, 0) is 12.8 Å². The van der Waals surface area contributed by atoms with E-state index in [4.69, 9.17) is 9.84 Å². The van der Waals surface area contributed by atoms with Crippen LogP contribution in [0.2, 0.25) is 0 Å². The molecule has 0 bridgehead atoms. The van der Waals surface area contributed by atoms with Crippen molar-refractivity contribution in [3.63, 3.8) is 0 Å². The van der Waals surface area contributed by atoms with Gasteiger partial charge in [0.2, 0.25) is 5.91 Å². The minimum absolute atomic E-state index is 0.0155. The number of rotatable bonds is 7. The van der Waals surface area contributed by atoms with Gasteiger partial charge < -0.3 is 14.7 Å². The van der Waals surface area contributed by atoms with Crippen LogP contribution in [0.15, 0.2) is 0 Å². The second-order valence-corrected chi connectivity index (χ2v) is 5.50. The highest BCUT2D eigenvalue weighted by Crippen LogP contribution is 2.32. The summed E-state index contributed by atoms with van der Waals surface area (Å²) in [7, 11) is 0. The fourth-order valence-electron chi connectivity index (χ4n) is 1.94. The van der Waals surface area contributed by atoms with Crippen molar-refractivity contribution in [2.45, 2.75) is 44.5 Å². The molecule has 6 heteroatoms. The summed E-state index contributed by atoms with van der Waals surface area (Å²) in [4.78, 5) is 24.7. The molecule has 5 nitrogen and oxygen atoms in total. The number of carboxylic acids is 1. The average molecular weight is 275 g/mol. The smallest absolute Gasteiger partial charge is 0.327 e. The predicted octanol–water partition coefficient (Wildman–Crippen LogP) is 1.57. The first-order valence-corrected chi connectivity index (χ1v) is 7.40. The molecule has 1 aliphatic rings. The first-order chi connectivity index (χ1) is 8.61. The third-order valence-electron chi connectivity index (χ3n) is 2.78. The van der Waals surface area contributed by atoms with E-state index in [1.54, 1.807) is 11.8 Å². The monoisotopic (exact) mass is 275 g/mol. The van der Waals surface area contributed by atoms with Gasteiger partial charge in [-0.1, -0.05) is 20.3 Å². The van der Waals surface area contributed by atoms with Crippen LogP contribution in [-0.4, -0.2) is 52.3 Å². The Kier molecular flexibility index (Phi) is 6.49. The van der Waals surface area contributed by atoms with Crippen molar-refractivity contribution in [1.29, 1.82) is 0 Å². The van der Waals surface area contributed by atoms with Gasteiger partial charge in [-0.2, -0.15) is 0 Å². The molecule has 0 aromatic rings. The Morgan fingerprint density at radius 3 is 2.67 bits per heavy atom. The predicted molar refractivity (Wildman–Crippen MR) is 70.5 cm³/mol. The lowest BCUT2D eigenvalue weighted by atomic mass is 10.2. The normalized spacial score (nSPS) is 23.3. The highest BCUT2D eigenvalue weighted by atomic mass is 32.2.